The van der Waals surface area contributed by atoms with Crippen molar-refractivity contribution in [3.63, 3.8) is 0 Å². The summed E-state index contributed by atoms with van der Waals surface area (Å²) in [6.45, 7) is 8.74. The van der Waals surface area contributed by atoms with Gasteiger partial charge in [-0.3, -0.25) is 5.10 Å². The van der Waals surface area contributed by atoms with Crippen LogP contribution in [0, 0.1) is 0 Å². The monoisotopic (exact) mass is 207 g/mol. The molecular formula is C10H17N5. The number of azide groups is 1. The summed E-state index contributed by atoms with van der Waals surface area (Å²) >= 11 is 0. The Morgan fingerprint density at radius 3 is 2.47 bits per heavy atom. The molecular weight excluding hydrogens is 190 g/mol. The van der Waals surface area contributed by atoms with Gasteiger partial charge in [-0.15, -0.1) is 0 Å². The summed E-state index contributed by atoms with van der Waals surface area (Å²) in [5.41, 5.74) is 11.5. The first-order valence-electron chi connectivity index (χ1n) is 5.15. The third-order valence-electron chi connectivity index (χ3n) is 2.35. The number of aromatic amines is 1. The van der Waals surface area contributed by atoms with E-state index >= 15 is 0 Å². The Kier molecular flexibility index (Phi) is 3.74. The van der Waals surface area contributed by atoms with Crippen molar-refractivity contribution in [2.24, 2.45) is 5.11 Å². The highest BCUT2D eigenvalue weighted by atomic mass is 15.2. The van der Waals surface area contributed by atoms with Gasteiger partial charge in [0.15, 0.2) is 0 Å². The molecule has 0 unspecified atom stereocenters. The summed E-state index contributed by atoms with van der Waals surface area (Å²) < 4.78 is 0. The van der Waals surface area contributed by atoms with Crippen LogP contribution in [0.3, 0.4) is 0 Å². The molecule has 0 spiro atoms. The van der Waals surface area contributed by atoms with E-state index in [1.54, 1.807) is 0 Å². The largest absolute Gasteiger partial charge is 0.282 e. The number of H-pyrrole nitrogens is 1. The molecule has 0 aliphatic rings. The Balaban J connectivity index is 3.13. The van der Waals surface area contributed by atoms with Crippen LogP contribution in [0.1, 0.15) is 56.5 Å². The molecule has 0 aliphatic carbocycles. The van der Waals surface area contributed by atoms with Crippen LogP contribution in [-0.2, 0) is 6.54 Å². The molecule has 5 heteroatoms. The molecule has 1 N–H and O–H groups in total. The molecule has 0 aliphatic heterocycles. The lowest BCUT2D eigenvalue weighted by Crippen LogP contribution is -1.97. The van der Waals surface area contributed by atoms with Crippen LogP contribution in [-0.4, -0.2) is 10.2 Å². The molecule has 0 bridgehead atoms. The van der Waals surface area contributed by atoms with Crippen molar-refractivity contribution in [2.75, 3.05) is 0 Å². The first-order valence-corrected chi connectivity index (χ1v) is 5.15. The van der Waals surface area contributed by atoms with Gasteiger partial charge in [0, 0.05) is 16.2 Å². The molecule has 0 aromatic carbocycles. The van der Waals surface area contributed by atoms with Crippen LogP contribution in [0.25, 0.3) is 10.4 Å². The smallest absolute Gasteiger partial charge is 0.0683 e. The lowest BCUT2D eigenvalue weighted by atomic mass is 9.99. The molecule has 0 amide bonds. The summed E-state index contributed by atoms with van der Waals surface area (Å²) in [7, 11) is 0. The van der Waals surface area contributed by atoms with E-state index in [2.05, 4.69) is 47.9 Å². The number of rotatable bonds is 4. The Morgan fingerprint density at radius 2 is 2.00 bits per heavy atom. The van der Waals surface area contributed by atoms with E-state index in [0.29, 0.717) is 18.4 Å². The van der Waals surface area contributed by atoms with Gasteiger partial charge in [0.2, 0.25) is 0 Å². The van der Waals surface area contributed by atoms with Crippen LogP contribution in [0.2, 0.25) is 0 Å². The molecule has 0 radical (unpaired) electrons. The van der Waals surface area contributed by atoms with Crippen LogP contribution >= 0.6 is 0 Å². The number of hydrogen-bond acceptors (Lipinski definition) is 2. The second-order valence-corrected chi connectivity index (χ2v) is 4.20. The fraction of sp³-hybridized carbons (Fsp3) is 0.700. The van der Waals surface area contributed by atoms with E-state index in [-0.39, 0.29) is 0 Å². The summed E-state index contributed by atoms with van der Waals surface area (Å²) in [5, 5.41) is 10.9. The Labute approximate surface area is 89.5 Å². The van der Waals surface area contributed by atoms with E-state index in [1.165, 1.54) is 0 Å². The maximum absolute atomic E-state index is 8.35. The zero-order valence-corrected chi connectivity index (χ0v) is 9.65. The van der Waals surface area contributed by atoms with E-state index in [9.17, 15) is 0 Å². The molecule has 0 saturated heterocycles. The van der Waals surface area contributed by atoms with E-state index in [0.717, 1.165) is 17.0 Å². The van der Waals surface area contributed by atoms with Crippen molar-refractivity contribution in [1.82, 2.24) is 10.2 Å². The molecule has 0 atom stereocenters. The molecule has 82 valence electrons. The first-order chi connectivity index (χ1) is 7.07. The summed E-state index contributed by atoms with van der Waals surface area (Å²) in [6.07, 6.45) is 0. The SMILES string of the molecule is CC(C)c1n[nH]c(C(C)C)c1CN=[N+]=[N-]. The zero-order valence-electron chi connectivity index (χ0n) is 9.65. The topological polar surface area (TPSA) is 77.4 Å². The van der Waals surface area contributed by atoms with Crippen molar-refractivity contribution in [2.45, 2.75) is 46.1 Å². The Morgan fingerprint density at radius 1 is 1.33 bits per heavy atom. The van der Waals surface area contributed by atoms with Gasteiger partial charge < -0.3 is 0 Å². The first kappa shape index (κ1) is 11.6. The van der Waals surface area contributed by atoms with Gasteiger partial charge in [0.25, 0.3) is 0 Å². The average molecular weight is 207 g/mol. The maximum Gasteiger partial charge on any atom is 0.0683 e. The van der Waals surface area contributed by atoms with E-state index in [1.807, 2.05) is 0 Å². The number of aromatic nitrogens is 2. The van der Waals surface area contributed by atoms with Crippen LogP contribution in [0.5, 0.6) is 0 Å². The second kappa shape index (κ2) is 4.84. The van der Waals surface area contributed by atoms with Crippen molar-refractivity contribution in [3.8, 4) is 0 Å². The molecule has 0 saturated carbocycles. The number of nitrogens with one attached hydrogen (secondary N) is 1. The van der Waals surface area contributed by atoms with Gasteiger partial charge in [0.05, 0.1) is 12.2 Å². The van der Waals surface area contributed by atoms with Gasteiger partial charge in [-0.1, -0.05) is 32.8 Å². The lowest BCUT2D eigenvalue weighted by Gasteiger charge is -2.07. The van der Waals surface area contributed by atoms with Crippen molar-refractivity contribution in [3.05, 3.63) is 27.4 Å². The summed E-state index contributed by atoms with van der Waals surface area (Å²) in [4.78, 5) is 2.79. The van der Waals surface area contributed by atoms with Gasteiger partial charge in [-0.25, -0.2) is 0 Å². The summed E-state index contributed by atoms with van der Waals surface area (Å²) in [5.74, 6) is 0.714. The molecule has 1 aromatic heterocycles. The van der Waals surface area contributed by atoms with E-state index < -0.39 is 0 Å². The highest BCUT2D eigenvalue weighted by Crippen LogP contribution is 2.25. The molecule has 5 nitrogen and oxygen atoms in total. The minimum atomic E-state index is 0.345. The summed E-state index contributed by atoms with van der Waals surface area (Å²) in [6, 6.07) is 0. The number of nitrogens with zero attached hydrogens (tertiary/aromatic N) is 4. The lowest BCUT2D eigenvalue weighted by molar-refractivity contribution is 0.791. The van der Waals surface area contributed by atoms with Crippen molar-refractivity contribution in [1.29, 1.82) is 0 Å². The Bertz CT molecular complexity index is 346. The van der Waals surface area contributed by atoms with Crippen molar-refractivity contribution < 1.29 is 0 Å². The highest BCUT2D eigenvalue weighted by molar-refractivity contribution is 5.29. The molecule has 1 aromatic rings. The predicted octanol–water partition coefficient (Wildman–Crippen LogP) is 3.47. The quantitative estimate of drug-likeness (QED) is 0.458. The normalized spacial score (nSPS) is 10.8. The third kappa shape index (κ3) is 2.50. The second-order valence-electron chi connectivity index (χ2n) is 4.20. The molecule has 1 heterocycles. The van der Waals surface area contributed by atoms with Crippen molar-refractivity contribution >= 4 is 0 Å². The standard InChI is InChI=1S/C10H17N5/c1-6(2)9-8(5-12-15-11)10(7(3)4)14-13-9/h6-7H,5H2,1-4H3,(H,13,14). The third-order valence-corrected chi connectivity index (χ3v) is 2.35. The predicted molar refractivity (Wildman–Crippen MR) is 59.6 cm³/mol. The molecule has 1 rings (SSSR count). The van der Waals surface area contributed by atoms with E-state index in [4.69, 9.17) is 5.53 Å². The highest BCUT2D eigenvalue weighted by Gasteiger charge is 2.16. The minimum Gasteiger partial charge on any atom is -0.282 e. The fourth-order valence-corrected chi connectivity index (χ4v) is 1.62. The average Bonchev–Trinajstić information content (AvgIpc) is 2.57. The number of hydrogen-bond donors (Lipinski definition) is 1. The van der Waals surface area contributed by atoms with Gasteiger partial charge in [0.1, 0.15) is 0 Å². The van der Waals surface area contributed by atoms with Crippen LogP contribution < -0.4 is 0 Å². The molecule has 0 fully saturated rings. The fourth-order valence-electron chi connectivity index (χ4n) is 1.62. The van der Waals surface area contributed by atoms with Gasteiger partial charge in [-0.2, -0.15) is 5.10 Å². The van der Waals surface area contributed by atoms with Crippen LogP contribution in [0.4, 0.5) is 0 Å². The molecule has 15 heavy (non-hydrogen) atoms. The minimum absolute atomic E-state index is 0.345. The van der Waals surface area contributed by atoms with Crippen LogP contribution in [0.15, 0.2) is 5.11 Å². The maximum atomic E-state index is 8.35. The van der Waals surface area contributed by atoms with Gasteiger partial charge in [-0.05, 0) is 17.4 Å². The van der Waals surface area contributed by atoms with Gasteiger partial charge >= 0.3 is 0 Å². The Hall–Kier alpha value is -1.48. The zero-order chi connectivity index (χ0) is 11.4.